The molecule has 0 unspecified atom stereocenters. The lowest BCUT2D eigenvalue weighted by Crippen LogP contribution is -2.04. The van der Waals surface area contributed by atoms with Gasteiger partial charge in [0.25, 0.3) is 0 Å². The van der Waals surface area contributed by atoms with Crippen LogP contribution < -0.4 is 0 Å². The number of pyridine rings is 1. The molecule has 0 fully saturated rings. The summed E-state index contributed by atoms with van der Waals surface area (Å²) in [6, 6.07) is 4.96. The van der Waals surface area contributed by atoms with Crippen molar-refractivity contribution >= 4 is 27.6 Å². The maximum absolute atomic E-state index is 10.9. The first-order chi connectivity index (χ1) is 8.79. The van der Waals surface area contributed by atoms with E-state index in [9.17, 15) is 4.79 Å². The highest BCUT2D eigenvalue weighted by molar-refractivity contribution is 8.32. The third-order valence-corrected chi connectivity index (χ3v) is 4.25. The molecule has 1 N–H and O–H groups in total. The van der Waals surface area contributed by atoms with Crippen LogP contribution in [0.15, 0.2) is 29.4 Å². The highest BCUT2D eigenvalue weighted by atomic mass is 35.5. The van der Waals surface area contributed by atoms with Gasteiger partial charge in [-0.25, -0.2) is 24.5 Å². The zero-order valence-corrected chi connectivity index (χ0v) is 12.4. The molecular weight excluding hydrogens is 286 g/mol. The average Bonchev–Trinajstić information content (AvgIpc) is 2.76. The van der Waals surface area contributed by atoms with Crippen molar-refractivity contribution in [2.45, 2.75) is 5.03 Å². The molecule has 0 spiro atoms. The minimum absolute atomic E-state index is 0.0146. The molecule has 0 aromatic carbocycles. The predicted octanol–water partition coefficient (Wildman–Crippen LogP) is 2.67. The van der Waals surface area contributed by atoms with Gasteiger partial charge in [-0.15, -0.1) is 0 Å². The van der Waals surface area contributed by atoms with E-state index >= 15 is 0 Å². The molecule has 0 aliphatic carbocycles. The Morgan fingerprint density at radius 2 is 2.00 bits per heavy atom. The zero-order chi connectivity index (χ0) is 14.2. The molecule has 0 bridgehead atoms. The van der Waals surface area contributed by atoms with Crippen LogP contribution in [0.5, 0.6) is 0 Å². The van der Waals surface area contributed by atoms with E-state index in [1.54, 1.807) is 16.9 Å². The number of carboxylic acids is 1. The smallest absolute Gasteiger partial charge is 0.338 e. The maximum atomic E-state index is 10.9. The molecule has 0 radical (unpaired) electrons. The van der Waals surface area contributed by atoms with Gasteiger partial charge in [-0.3, -0.25) is 0 Å². The summed E-state index contributed by atoms with van der Waals surface area (Å²) < 4.78 is 1.60. The highest BCUT2D eigenvalue weighted by Crippen LogP contribution is 2.43. The van der Waals surface area contributed by atoms with Gasteiger partial charge in [0.1, 0.15) is 10.2 Å². The van der Waals surface area contributed by atoms with Crippen LogP contribution in [0, 0.1) is 0 Å². The normalized spacial score (nSPS) is 12.4. The standard InChI is InChI=1S/C12H14ClN3O2S/c1-19(2,3)10-6-7-16(15-10)9-5-4-8(12(17)18)11(13)14-9/h4-7H,1-3H3,(H,17,18). The fraction of sp³-hybridized carbons (Fsp3) is 0.250. The Morgan fingerprint density at radius 3 is 2.47 bits per heavy atom. The van der Waals surface area contributed by atoms with Crippen molar-refractivity contribution in [2.75, 3.05) is 18.8 Å². The van der Waals surface area contributed by atoms with Crippen LogP contribution in [0.2, 0.25) is 5.15 Å². The molecular formula is C12H14ClN3O2S. The summed E-state index contributed by atoms with van der Waals surface area (Å²) in [6.07, 6.45) is 8.24. The number of carboxylic acid groups (broad SMARTS) is 1. The quantitative estimate of drug-likeness (QED) is 0.885. The summed E-state index contributed by atoms with van der Waals surface area (Å²) >= 11 is 5.84. The number of rotatable bonds is 3. The average molecular weight is 300 g/mol. The summed E-state index contributed by atoms with van der Waals surface area (Å²) in [6.45, 7) is 0. The van der Waals surface area contributed by atoms with Crippen LogP contribution in [-0.4, -0.2) is 44.6 Å². The predicted molar refractivity (Wildman–Crippen MR) is 77.0 cm³/mol. The first kappa shape index (κ1) is 13.9. The van der Waals surface area contributed by atoms with E-state index in [0.717, 1.165) is 5.03 Å². The third-order valence-electron chi connectivity index (χ3n) is 2.49. The molecule has 0 aliphatic heterocycles. The lowest BCUT2D eigenvalue weighted by Gasteiger charge is -2.21. The Hall–Kier alpha value is -1.53. The second-order valence-electron chi connectivity index (χ2n) is 4.75. The van der Waals surface area contributed by atoms with Gasteiger partial charge >= 0.3 is 5.97 Å². The second kappa shape index (κ2) is 4.86. The second-order valence-corrected chi connectivity index (χ2v) is 9.20. The topological polar surface area (TPSA) is 68.0 Å². The molecule has 0 aliphatic rings. The van der Waals surface area contributed by atoms with Crippen molar-refractivity contribution in [3.05, 3.63) is 35.1 Å². The van der Waals surface area contributed by atoms with Gasteiger partial charge < -0.3 is 5.11 Å². The summed E-state index contributed by atoms with van der Waals surface area (Å²) in [5.41, 5.74) is -0.0146. The number of halogens is 1. The Labute approximate surface area is 117 Å². The van der Waals surface area contributed by atoms with E-state index in [-0.39, 0.29) is 10.7 Å². The van der Waals surface area contributed by atoms with E-state index in [2.05, 4.69) is 28.8 Å². The number of hydrogen-bond donors (Lipinski definition) is 1. The summed E-state index contributed by atoms with van der Waals surface area (Å²) in [5, 5.41) is 14.3. The van der Waals surface area contributed by atoms with Crippen LogP contribution in [0.1, 0.15) is 10.4 Å². The van der Waals surface area contributed by atoms with Crippen LogP contribution in [0.25, 0.3) is 5.82 Å². The Morgan fingerprint density at radius 1 is 1.32 bits per heavy atom. The first-order valence-electron chi connectivity index (χ1n) is 5.43. The summed E-state index contributed by atoms with van der Waals surface area (Å²) in [7, 11) is -0.909. The van der Waals surface area contributed by atoms with E-state index in [4.69, 9.17) is 16.7 Å². The van der Waals surface area contributed by atoms with Gasteiger partial charge in [0, 0.05) is 6.20 Å². The van der Waals surface area contributed by atoms with Crippen molar-refractivity contribution in [1.82, 2.24) is 14.8 Å². The molecule has 0 amide bonds. The fourth-order valence-corrected chi connectivity index (χ4v) is 2.51. The third kappa shape index (κ3) is 2.90. The van der Waals surface area contributed by atoms with E-state index in [1.165, 1.54) is 6.07 Å². The molecule has 0 saturated carbocycles. The number of hydrogen-bond acceptors (Lipinski definition) is 3. The molecule has 5 nitrogen and oxygen atoms in total. The summed E-state index contributed by atoms with van der Waals surface area (Å²) in [5.74, 6) is -0.589. The molecule has 102 valence electrons. The van der Waals surface area contributed by atoms with Crippen molar-refractivity contribution in [3.8, 4) is 5.82 Å². The van der Waals surface area contributed by atoms with Crippen molar-refractivity contribution in [2.24, 2.45) is 0 Å². The monoisotopic (exact) mass is 299 g/mol. The van der Waals surface area contributed by atoms with Gasteiger partial charge in [0.05, 0.1) is 5.56 Å². The molecule has 2 heterocycles. The Bertz CT molecular complexity index is 634. The van der Waals surface area contributed by atoms with Gasteiger partial charge in [-0.1, -0.05) is 11.6 Å². The lowest BCUT2D eigenvalue weighted by molar-refractivity contribution is 0.0696. The van der Waals surface area contributed by atoms with Crippen LogP contribution >= 0.6 is 21.6 Å². The number of aromatic carboxylic acids is 1. The van der Waals surface area contributed by atoms with E-state index in [0.29, 0.717) is 5.82 Å². The Kier molecular flexibility index (Phi) is 3.56. The van der Waals surface area contributed by atoms with Gasteiger partial charge in [-0.2, -0.15) is 5.10 Å². The van der Waals surface area contributed by atoms with Crippen LogP contribution in [-0.2, 0) is 0 Å². The van der Waals surface area contributed by atoms with Gasteiger partial charge in [0.15, 0.2) is 5.82 Å². The zero-order valence-electron chi connectivity index (χ0n) is 10.8. The van der Waals surface area contributed by atoms with Gasteiger partial charge in [0.2, 0.25) is 0 Å². The molecule has 2 rings (SSSR count). The number of nitrogens with zero attached hydrogens (tertiary/aromatic N) is 3. The minimum atomic E-state index is -1.09. The van der Waals surface area contributed by atoms with Gasteiger partial charge in [-0.05, 0) is 37.0 Å². The van der Waals surface area contributed by atoms with Crippen LogP contribution in [0.3, 0.4) is 0 Å². The van der Waals surface area contributed by atoms with Crippen molar-refractivity contribution < 1.29 is 9.90 Å². The molecule has 2 aromatic rings. The molecule has 19 heavy (non-hydrogen) atoms. The molecule has 2 aromatic heterocycles. The fourth-order valence-electron chi connectivity index (χ4n) is 1.47. The first-order valence-corrected chi connectivity index (χ1v) is 8.67. The number of aromatic nitrogens is 3. The van der Waals surface area contributed by atoms with Crippen LogP contribution in [0.4, 0.5) is 0 Å². The Balaban J connectivity index is 2.40. The SMILES string of the molecule is CS(C)(C)c1ccn(-c2ccc(C(=O)O)c(Cl)n2)n1. The number of carbonyl (C=O) groups is 1. The van der Waals surface area contributed by atoms with E-state index in [1.807, 2.05) is 6.07 Å². The minimum Gasteiger partial charge on any atom is -0.478 e. The summed E-state index contributed by atoms with van der Waals surface area (Å²) in [4.78, 5) is 14.9. The molecule has 0 saturated heterocycles. The highest BCUT2D eigenvalue weighted by Gasteiger charge is 2.14. The maximum Gasteiger partial charge on any atom is 0.338 e. The molecule has 0 atom stereocenters. The lowest BCUT2D eigenvalue weighted by atomic mass is 10.3. The van der Waals surface area contributed by atoms with Crippen molar-refractivity contribution in [1.29, 1.82) is 0 Å². The largest absolute Gasteiger partial charge is 0.478 e. The van der Waals surface area contributed by atoms with E-state index < -0.39 is 16.0 Å². The van der Waals surface area contributed by atoms with Crippen molar-refractivity contribution in [3.63, 3.8) is 0 Å². The molecule has 7 heteroatoms.